The highest BCUT2D eigenvalue weighted by atomic mass is 32.1. The fourth-order valence-corrected chi connectivity index (χ4v) is 4.23. The van der Waals surface area contributed by atoms with Crippen molar-refractivity contribution < 1.29 is 4.79 Å². The summed E-state index contributed by atoms with van der Waals surface area (Å²) in [6, 6.07) is 26.3. The highest BCUT2D eigenvalue weighted by molar-refractivity contribution is 7.14. The summed E-state index contributed by atoms with van der Waals surface area (Å²) in [4.78, 5) is 20.1. The molecule has 4 aromatic rings. The van der Waals surface area contributed by atoms with Crippen molar-refractivity contribution in [2.24, 2.45) is 0 Å². The minimum absolute atomic E-state index is 0.00571. The number of hydrogen-bond acceptors (Lipinski definition) is 3. The number of carbonyl (C=O) groups excluding carboxylic acids is 1. The Labute approximate surface area is 181 Å². The standard InChI is InChI=1S/C26H24N2OS/c1-19-12-14-22(15-13-19)24-18-30-26(27-24)28(17-16-21-9-4-3-5-10-21)25(29)23-11-7-6-8-20(23)2/h3-15,18H,16-17H2,1-2H3. The summed E-state index contributed by atoms with van der Waals surface area (Å²) in [5.41, 5.74) is 6.08. The first-order chi connectivity index (χ1) is 14.6. The first-order valence-corrected chi connectivity index (χ1v) is 10.9. The summed E-state index contributed by atoms with van der Waals surface area (Å²) in [6.07, 6.45) is 0.776. The number of benzene rings is 3. The van der Waals surface area contributed by atoms with Gasteiger partial charge in [0.05, 0.1) is 5.69 Å². The van der Waals surface area contributed by atoms with Crippen LogP contribution in [0.1, 0.15) is 27.0 Å². The van der Waals surface area contributed by atoms with E-state index in [0.29, 0.717) is 6.54 Å². The Kier molecular flexibility index (Phi) is 6.05. The van der Waals surface area contributed by atoms with Crippen LogP contribution in [0, 0.1) is 13.8 Å². The van der Waals surface area contributed by atoms with Gasteiger partial charge in [-0.2, -0.15) is 0 Å². The minimum atomic E-state index is -0.00571. The number of rotatable bonds is 6. The van der Waals surface area contributed by atoms with E-state index in [-0.39, 0.29) is 5.91 Å². The zero-order valence-corrected chi connectivity index (χ0v) is 18.0. The molecule has 3 aromatic carbocycles. The van der Waals surface area contributed by atoms with Gasteiger partial charge in [0.25, 0.3) is 5.91 Å². The number of aryl methyl sites for hydroxylation is 2. The van der Waals surface area contributed by atoms with E-state index in [9.17, 15) is 4.79 Å². The third kappa shape index (κ3) is 4.50. The van der Waals surface area contributed by atoms with Crippen molar-refractivity contribution in [2.75, 3.05) is 11.4 Å². The molecule has 0 atom stereocenters. The Morgan fingerprint density at radius 2 is 1.60 bits per heavy atom. The lowest BCUT2D eigenvalue weighted by atomic mass is 10.1. The topological polar surface area (TPSA) is 33.2 Å². The maximum absolute atomic E-state index is 13.5. The summed E-state index contributed by atoms with van der Waals surface area (Å²) in [5, 5.41) is 2.76. The van der Waals surface area contributed by atoms with Gasteiger partial charge in [-0.15, -0.1) is 11.3 Å². The van der Waals surface area contributed by atoms with Gasteiger partial charge >= 0.3 is 0 Å². The number of nitrogens with zero attached hydrogens (tertiary/aromatic N) is 2. The Morgan fingerprint density at radius 3 is 2.33 bits per heavy atom. The number of carbonyl (C=O) groups is 1. The van der Waals surface area contributed by atoms with Crippen LogP contribution in [0.3, 0.4) is 0 Å². The minimum Gasteiger partial charge on any atom is -0.284 e. The van der Waals surface area contributed by atoms with Gasteiger partial charge < -0.3 is 0 Å². The van der Waals surface area contributed by atoms with Crippen molar-refractivity contribution in [2.45, 2.75) is 20.3 Å². The van der Waals surface area contributed by atoms with Gasteiger partial charge in [0, 0.05) is 23.1 Å². The average Bonchev–Trinajstić information content (AvgIpc) is 3.25. The fourth-order valence-electron chi connectivity index (χ4n) is 3.37. The van der Waals surface area contributed by atoms with Crippen LogP contribution in [0.15, 0.2) is 84.2 Å². The molecular formula is C26H24N2OS. The Balaban J connectivity index is 1.65. The zero-order valence-electron chi connectivity index (χ0n) is 17.2. The molecule has 30 heavy (non-hydrogen) atoms. The molecule has 150 valence electrons. The van der Waals surface area contributed by atoms with Crippen molar-refractivity contribution in [1.29, 1.82) is 0 Å². The summed E-state index contributed by atoms with van der Waals surface area (Å²) >= 11 is 1.51. The molecule has 0 aliphatic carbocycles. The number of thiazole rings is 1. The van der Waals surface area contributed by atoms with E-state index < -0.39 is 0 Å². The molecule has 4 heteroatoms. The summed E-state index contributed by atoms with van der Waals surface area (Å²) in [5.74, 6) is -0.00571. The molecule has 1 heterocycles. The van der Waals surface area contributed by atoms with Crippen LogP contribution in [-0.4, -0.2) is 17.4 Å². The third-order valence-electron chi connectivity index (χ3n) is 5.16. The molecule has 0 aliphatic heterocycles. The lowest BCUT2D eigenvalue weighted by Gasteiger charge is -2.21. The normalized spacial score (nSPS) is 10.7. The summed E-state index contributed by atoms with van der Waals surface area (Å²) < 4.78 is 0. The molecule has 3 nitrogen and oxygen atoms in total. The molecule has 1 aromatic heterocycles. The largest absolute Gasteiger partial charge is 0.284 e. The van der Waals surface area contributed by atoms with Gasteiger partial charge in [-0.1, -0.05) is 78.4 Å². The van der Waals surface area contributed by atoms with Crippen molar-refractivity contribution in [1.82, 2.24) is 4.98 Å². The average molecular weight is 413 g/mol. The highest BCUT2D eigenvalue weighted by Crippen LogP contribution is 2.29. The second kappa shape index (κ2) is 9.06. The molecule has 0 saturated heterocycles. The van der Waals surface area contributed by atoms with E-state index >= 15 is 0 Å². The molecule has 0 N–H and O–H groups in total. The maximum Gasteiger partial charge on any atom is 0.260 e. The molecule has 0 fully saturated rings. The number of hydrogen-bond donors (Lipinski definition) is 0. The molecule has 0 radical (unpaired) electrons. The predicted octanol–water partition coefficient (Wildman–Crippen LogP) is 6.32. The van der Waals surface area contributed by atoms with E-state index in [0.717, 1.165) is 33.9 Å². The Morgan fingerprint density at radius 1 is 0.900 bits per heavy atom. The van der Waals surface area contributed by atoms with Crippen LogP contribution in [-0.2, 0) is 6.42 Å². The van der Waals surface area contributed by atoms with Crippen LogP contribution in [0.4, 0.5) is 5.13 Å². The van der Waals surface area contributed by atoms with Crippen LogP contribution < -0.4 is 4.90 Å². The Bertz CT molecular complexity index is 1130. The molecule has 0 bridgehead atoms. The van der Waals surface area contributed by atoms with Gasteiger partial charge in [0.1, 0.15) is 0 Å². The summed E-state index contributed by atoms with van der Waals surface area (Å²) in [6.45, 7) is 4.63. The van der Waals surface area contributed by atoms with Crippen LogP contribution in [0.25, 0.3) is 11.3 Å². The molecule has 0 spiro atoms. The van der Waals surface area contributed by atoms with Gasteiger partial charge in [-0.3, -0.25) is 9.69 Å². The van der Waals surface area contributed by atoms with Crippen molar-refractivity contribution >= 4 is 22.4 Å². The lowest BCUT2D eigenvalue weighted by molar-refractivity contribution is 0.0986. The zero-order chi connectivity index (χ0) is 20.9. The van der Waals surface area contributed by atoms with E-state index in [4.69, 9.17) is 4.98 Å². The Hall–Kier alpha value is -3.24. The lowest BCUT2D eigenvalue weighted by Crippen LogP contribution is -2.33. The first kappa shape index (κ1) is 20.0. The number of aromatic nitrogens is 1. The predicted molar refractivity (Wildman–Crippen MR) is 125 cm³/mol. The number of anilines is 1. The molecule has 0 aliphatic rings. The second-order valence-electron chi connectivity index (χ2n) is 7.39. The monoisotopic (exact) mass is 412 g/mol. The molecule has 1 amide bonds. The fraction of sp³-hybridized carbons (Fsp3) is 0.154. The second-order valence-corrected chi connectivity index (χ2v) is 8.23. The SMILES string of the molecule is Cc1ccc(-c2csc(N(CCc3ccccc3)C(=O)c3ccccc3C)n2)cc1. The van der Waals surface area contributed by atoms with E-state index in [1.54, 1.807) is 0 Å². The van der Waals surface area contributed by atoms with Crippen molar-refractivity contribution in [3.63, 3.8) is 0 Å². The van der Waals surface area contributed by atoms with Gasteiger partial charge in [0.2, 0.25) is 0 Å². The highest BCUT2D eigenvalue weighted by Gasteiger charge is 2.22. The van der Waals surface area contributed by atoms with Crippen LogP contribution >= 0.6 is 11.3 Å². The van der Waals surface area contributed by atoms with Crippen molar-refractivity contribution in [3.05, 3.63) is 106 Å². The third-order valence-corrected chi connectivity index (χ3v) is 6.02. The van der Waals surface area contributed by atoms with Crippen molar-refractivity contribution in [3.8, 4) is 11.3 Å². The molecular weight excluding hydrogens is 388 g/mol. The summed E-state index contributed by atoms with van der Waals surface area (Å²) in [7, 11) is 0. The van der Waals surface area contributed by atoms with Gasteiger partial charge in [-0.05, 0) is 37.5 Å². The van der Waals surface area contributed by atoms with E-state index in [1.165, 1.54) is 22.5 Å². The molecule has 4 rings (SSSR count). The smallest absolute Gasteiger partial charge is 0.260 e. The number of amides is 1. The quantitative estimate of drug-likeness (QED) is 0.371. The van der Waals surface area contributed by atoms with E-state index in [2.05, 4.69) is 43.3 Å². The van der Waals surface area contributed by atoms with Crippen LogP contribution in [0.2, 0.25) is 0 Å². The van der Waals surface area contributed by atoms with Gasteiger partial charge in [0.15, 0.2) is 5.13 Å². The maximum atomic E-state index is 13.5. The van der Waals surface area contributed by atoms with Gasteiger partial charge in [-0.25, -0.2) is 4.98 Å². The first-order valence-electron chi connectivity index (χ1n) is 10.1. The van der Waals surface area contributed by atoms with E-state index in [1.807, 2.05) is 59.7 Å². The van der Waals surface area contributed by atoms with Crippen LogP contribution in [0.5, 0.6) is 0 Å². The molecule has 0 saturated carbocycles. The molecule has 0 unspecified atom stereocenters.